The van der Waals surface area contributed by atoms with Crippen LogP contribution in [0.4, 0.5) is 24.5 Å². The summed E-state index contributed by atoms with van der Waals surface area (Å²) in [6, 6.07) is 13.5. The second-order valence-electron chi connectivity index (χ2n) is 7.31. The predicted molar refractivity (Wildman–Crippen MR) is 120 cm³/mol. The molecule has 3 aromatic rings. The summed E-state index contributed by atoms with van der Waals surface area (Å²) < 4.78 is 74.8. The molecule has 0 aliphatic carbocycles. The fraction of sp³-hybridized carbons (Fsp3) is 0.182. The number of anilines is 1. The first-order valence-corrected chi connectivity index (χ1v) is 13.3. The molecule has 0 N–H and O–H groups in total. The molecular weight excluding hydrogens is 540 g/mol. The maximum absolute atomic E-state index is 13.9. The van der Waals surface area contributed by atoms with Crippen LogP contribution in [0.15, 0.2) is 71.6 Å². The van der Waals surface area contributed by atoms with Crippen molar-refractivity contribution in [1.29, 1.82) is 0 Å². The van der Waals surface area contributed by atoms with Gasteiger partial charge in [0.2, 0.25) is 0 Å². The average Bonchev–Trinajstić information content (AvgIpc) is 2.82. The van der Waals surface area contributed by atoms with Crippen LogP contribution in [0.3, 0.4) is 0 Å². The number of para-hydroxylation sites is 1. The van der Waals surface area contributed by atoms with Crippen molar-refractivity contribution >= 4 is 40.8 Å². The van der Waals surface area contributed by atoms with Gasteiger partial charge in [-0.1, -0.05) is 0 Å². The van der Waals surface area contributed by atoms with Crippen LogP contribution in [0.5, 0.6) is 5.75 Å². The van der Waals surface area contributed by atoms with E-state index in [2.05, 4.69) is 0 Å². The second kappa shape index (κ2) is 8.94. The number of methoxy groups -OCH3 is 1. The van der Waals surface area contributed by atoms with E-state index in [4.69, 9.17) is 4.74 Å². The number of ether oxygens (including phenoxy) is 1. The monoisotopic (exact) mass is 558 g/mol. The van der Waals surface area contributed by atoms with Crippen molar-refractivity contribution in [3.63, 3.8) is 0 Å². The molecule has 0 radical (unpaired) electrons. The Morgan fingerprint density at radius 3 is 2.38 bits per heavy atom. The van der Waals surface area contributed by atoms with Crippen molar-refractivity contribution in [2.75, 3.05) is 11.4 Å². The van der Waals surface area contributed by atoms with E-state index in [9.17, 15) is 31.7 Å². The van der Waals surface area contributed by atoms with E-state index in [1.54, 1.807) is 24.3 Å². The Morgan fingerprint density at radius 2 is 1.76 bits per heavy atom. The SMILES string of the molecule is COc1ccc(C2C[Se]c3ccc(C(F)(F)F)cc3N2S(=O)(=O)c2ccccc2[N+](=O)[O-])cc1. The normalized spacial score (nSPS) is 16.1. The van der Waals surface area contributed by atoms with Crippen molar-refractivity contribution in [3.05, 3.63) is 88.0 Å². The van der Waals surface area contributed by atoms with Crippen molar-refractivity contribution < 1.29 is 31.2 Å². The molecule has 1 atom stereocenters. The van der Waals surface area contributed by atoms with Gasteiger partial charge in [0.05, 0.1) is 0 Å². The van der Waals surface area contributed by atoms with E-state index in [-0.39, 0.29) is 20.6 Å². The number of sulfonamides is 1. The van der Waals surface area contributed by atoms with Gasteiger partial charge >= 0.3 is 200 Å². The maximum atomic E-state index is 13.9. The topological polar surface area (TPSA) is 89.8 Å². The van der Waals surface area contributed by atoms with Gasteiger partial charge in [0, 0.05) is 0 Å². The Labute approximate surface area is 199 Å². The average molecular weight is 557 g/mol. The summed E-state index contributed by atoms with van der Waals surface area (Å²) in [7, 11) is -3.15. The molecule has 0 saturated heterocycles. The molecule has 1 heterocycles. The van der Waals surface area contributed by atoms with Gasteiger partial charge in [-0.25, -0.2) is 0 Å². The summed E-state index contributed by atoms with van der Waals surface area (Å²) in [6.07, 6.45) is -4.69. The molecule has 0 spiro atoms. The van der Waals surface area contributed by atoms with Crippen molar-refractivity contribution in [2.24, 2.45) is 0 Å². The number of hydrogen-bond acceptors (Lipinski definition) is 5. The van der Waals surface area contributed by atoms with Crippen LogP contribution >= 0.6 is 0 Å². The molecule has 1 aliphatic rings. The van der Waals surface area contributed by atoms with Crippen LogP contribution in [-0.4, -0.2) is 35.4 Å². The van der Waals surface area contributed by atoms with Gasteiger partial charge in [-0.15, -0.1) is 0 Å². The Bertz CT molecular complexity index is 1350. The van der Waals surface area contributed by atoms with Crippen molar-refractivity contribution in [3.8, 4) is 5.75 Å². The molecule has 0 saturated carbocycles. The Morgan fingerprint density at radius 1 is 1.09 bits per heavy atom. The standard InChI is InChI=1S/C22H17F3N2O5SSe/c1-32-16-9-6-14(7-10-16)19-13-34-21-11-8-15(22(23,24)25)12-18(21)26(19)33(30,31)20-5-3-2-4-17(20)27(28)29/h2-12,19H,13H2,1H3. The van der Waals surface area contributed by atoms with Crippen LogP contribution in [0.1, 0.15) is 17.2 Å². The van der Waals surface area contributed by atoms with E-state index < -0.39 is 43.3 Å². The van der Waals surface area contributed by atoms with E-state index in [1.165, 1.54) is 25.3 Å². The summed E-state index contributed by atoms with van der Waals surface area (Å²) in [5, 5.41) is 11.9. The molecule has 12 heteroatoms. The molecule has 0 aromatic heterocycles. The summed E-state index contributed by atoms with van der Waals surface area (Å²) in [5.74, 6) is 0.526. The number of halogens is 3. The van der Waals surface area contributed by atoms with Crippen LogP contribution < -0.4 is 13.5 Å². The number of nitro groups is 1. The van der Waals surface area contributed by atoms with Crippen LogP contribution in [0, 0.1) is 10.1 Å². The summed E-state index contributed by atoms with van der Waals surface area (Å²) in [4.78, 5) is 10.2. The zero-order valence-electron chi connectivity index (χ0n) is 17.5. The molecule has 178 valence electrons. The molecule has 0 amide bonds. The molecule has 0 bridgehead atoms. The first-order valence-electron chi connectivity index (χ1n) is 9.80. The summed E-state index contributed by atoms with van der Waals surface area (Å²) in [6.45, 7) is 0. The summed E-state index contributed by atoms with van der Waals surface area (Å²) in [5.41, 5.74) is -1.24. The third-order valence-electron chi connectivity index (χ3n) is 5.30. The third-order valence-corrected chi connectivity index (χ3v) is 9.56. The van der Waals surface area contributed by atoms with E-state index in [0.29, 0.717) is 21.1 Å². The van der Waals surface area contributed by atoms with Gasteiger partial charge in [-0.05, 0) is 0 Å². The second-order valence-corrected chi connectivity index (χ2v) is 11.3. The number of nitrogens with zero attached hydrogens (tertiary/aromatic N) is 2. The van der Waals surface area contributed by atoms with Crippen molar-refractivity contribution in [1.82, 2.24) is 0 Å². The van der Waals surface area contributed by atoms with Gasteiger partial charge in [-0.2, -0.15) is 0 Å². The number of hydrogen-bond donors (Lipinski definition) is 0. The third kappa shape index (κ3) is 4.36. The van der Waals surface area contributed by atoms with Gasteiger partial charge in [0.15, 0.2) is 0 Å². The van der Waals surface area contributed by atoms with E-state index >= 15 is 0 Å². The molecule has 1 unspecified atom stereocenters. The number of fused-ring (bicyclic) bond motifs is 1. The molecule has 4 rings (SSSR count). The zero-order chi connectivity index (χ0) is 24.7. The first kappa shape index (κ1) is 24.1. The van der Waals surface area contributed by atoms with Crippen LogP contribution in [-0.2, 0) is 16.2 Å². The number of nitro benzene ring substituents is 1. The van der Waals surface area contributed by atoms with Gasteiger partial charge in [-0.3, -0.25) is 0 Å². The van der Waals surface area contributed by atoms with Gasteiger partial charge in [0.25, 0.3) is 0 Å². The molecule has 7 nitrogen and oxygen atoms in total. The van der Waals surface area contributed by atoms with Gasteiger partial charge in [0.1, 0.15) is 0 Å². The molecule has 34 heavy (non-hydrogen) atoms. The molecule has 0 fully saturated rings. The molecule has 3 aromatic carbocycles. The zero-order valence-corrected chi connectivity index (χ0v) is 20.1. The molecular formula is C22H17F3N2O5SSe. The summed E-state index contributed by atoms with van der Waals surface area (Å²) >= 11 is -0.335. The number of benzene rings is 3. The number of rotatable bonds is 5. The Balaban J connectivity index is 1.96. The first-order chi connectivity index (χ1) is 16.0. The molecule has 1 aliphatic heterocycles. The fourth-order valence-corrected chi connectivity index (χ4v) is 8.24. The Kier molecular flexibility index (Phi) is 6.32. The van der Waals surface area contributed by atoms with E-state index in [1.807, 2.05) is 0 Å². The quantitative estimate of drug-likeness (QED) is 0.265. The van der Waals surface area contributed by atoms with Crippen LogP contribution in [0.25, 0.3) is 0 Å². The minimum absolute atomic E-state index is 0.125. The van der Waals surface area contributed by atoms with Crippen LogP contribution in [0.2, 0.25) is 5.32 Å². The minimum atomic E-state index is -4.69. The van der Waals surface area contributed by atoms with Gasteiger partial charge < -0.3 is 0 Å². The fourth-order valence-electron chi connectivity index (χ4n) is 3.68. The predicted octanol–water partition coefficient (Wildman–Crippen LogP) is 4.32. The Hall–Kier alpha value is -3.08. The number of alkyl halides is 3. The van der Waals surface area contributed by atoms with E-state index in [0.717, 1.165) is 28.6 Å². The van der Waals surface area contributed by atoms with Crippen molar-refractivity contribution in [2.45, 2.75) is 22.4 Å².